The van der Waals surface area contributed by atoms with Crippen molar-refractivity contribution in [1.29, 1.82) is 0 Å². The van der Waals surface area contributed by atoms with Crippen molar-refractivity contribution in [3.8, 4) is 22.5 Å². The maximum Gasteiger partial charge on any atom is 0.147 e. The second-order valence-electron chi connectivity index (χ2n) is 9.27. The van der Waals surface area contributed by atoms with E-state index in [9.17, 15) is 0 Å². The Hall–Kier alpha value is -5.36. The summed E-state index contributed by atoms with van der Waals surface area (Å²) in [6.45, 7) is 0. The van der Waals surface area contributed by atoms with Gasteiger partial charge in [0.25, 0.3) is 0 Å². The van der Waals surface area contributed by atoms with Gasteiger partial charge in [-0.3, -0.25) is 19.5 Å². The average Bonchev–Trinajstić information content (AvgIpc) is 3.51. The Kier molecular flexibility index (Phi) is 4.42. The third-order valence-corrected chi connectivity index (χ3v) is 7.19. The lowest BCUT2D eigenvalue weighted by molar-refractivity contribution is 1.13. The van der Waals surface area contributed by atoms with Crippen molar-refractivity contribution in [3.63, 3.8) is 0 Å². The van der Waals surface area contributed by atoms with Crippen LogP contribution in [-0.4, -0.2) is 29.1 Å². The zero-order valence-electron chi connectivity index (χ0n) is 20.2. The molecule has 6 aromatic heterocycles. The average molecular weight is 489 g/mol. The molecule has 0 spiro atoms. The number of rotatable bonds is 3. The molecule has 0 aliphatic heterocycles. The van der Waals surface area contributed by atoms with Crippen molar-refractivity contribution in [2.24, 2.45) is 0 Å². The molecule has 0 amide bonds. The van der Waals surface area contributed by atoms with Gasteiger partial charge < -0.3 is 4.57 Å². The van der Waals surface area contributed by atoms with Crippen LogP contribution in [0.2, 0.25) is 0 Å². The predicted octanol–water partition coefficient (Wildman–Crippen LogP) is 7.13. The maximum atomic E-state index is 4.66. The summed E-state index contributed by atoms with van der Waals surface area (Å²) in [5, 5.41) is 2.16. The van der Waals surface area contributed by atoms with Gasteiger partial charge in [0.2, 0.25) is 0 Å². The van der Waals surface area contributed by atoms with Crippen molar-refractivity contribution in [1.82, 2.24) is 29.1 Å². The van der Waals surface area contributed by atoms with E-state index in [0.717, 1.165) is 66.5 Å². The molecule has 0 unspecified atom stereocenters. The van der Waals surface area contributed by atoms with Gasteiger partial charge in [-0.25, -0.2) is 4.98 Å². The van der Waals surface area contributed by atoms with E-state index in [2.05, 4.69) is 95.8 Å². The Morgan fingerprint density at radius 3 is 1.74 bits per heavy atom. The van der Waals surface area contributed by atoms with Crippen LogP contribution in [0.4, 0.5) is 0 Å². The molecule has 0 N–H and O–H groups in total. The van der Waals surface area contributed by atoms with Crippen LogP contribution in [0.25, 0.3) is 66.5 Å². The summed E-state index contributed by atoms with van der Waals surface area (Å²) in [6, 6.07) is 31.5. The highest BCUT2D eigenvalue weighted by atomic mass is 15.1. The highest BCUT2D eigenvalue weighted by Crippen LogP contribution is 2.32. The van der Waals surface area contributed by atoms with E-state index in [1.165, 1.54) is 0 Å². The Morgan fingerprint density at radius 2 is 1.03 bits per heavy atom. The van der Waals surface area contributed by atoms with Gasteiger partial charge in [0.1, 0.15) is 5.65 Å². The van der Waals surface area contributed by atoms with E-state index in [1.807, 2.05) is 55.2 Å². The van der Waals surface area contributed by atoms with Crippen LogP contribution in [-0.2, 0) is 0 Å². The van der Waals surface area contributed by atoms with Gasteiger partial charge in [0.05, 0.1) is 33.8 Å². The third-order valence-electron chi connectivity index (χ3n) is 7.19. The predicted molar refractivity (Wildman–Crippen MR) is 152 cm³/mol. The van der Waals surface area contributed by atoms with Gasteiger partial charge >= 0.3 is 0 Å². The number of aromatic nitrogens is 6. The second-order valence-corrected chi connectivity index (χ2v) is 9.27. The Labute approximate surface area is 217 Å². The standard InChI is InChI=1S/C32H20N6/c1-4-26-31-28(6-3-17-35-31)38(32(26)36-18-1)24-13-9-22(10-14-24)21-7-11-23(12-8-21)37-27-5-2-16-34-30(27)25-15-19-33-20-29(25)37/h1-20H. The van der Waals surface area contributed by atoms with Gasteiger partial charge in [0, 0.05) is 46.9 Å². The molecule has 6 heterocycles. The number of fused-ring (bicyclic) bond motifs is 6. The lowest BCUT2D eigenvalue weighted by Gasteiger charge is -2.10. The molecular weight excluding hydrogens is 468 g/mol. The van der Waals surface area contributed by atoms with Gasteiger partial charge in [-0.1, -0.05) is 24.3 Å². The van der Waals surface area contributed by atoms with E-state index in [4.69, 9.17) is 0 Å². The second kappa shape index (κ2) is 8.08. The summed E-state index contributed by atoms with van der Waals surface area (Å²) in [6.07, 6.45) is 9.22. The van der Waals surface area contributed by atoms with Crippen molar-refractivity contribution in [3.05, 3.63) is 122 Å². The summed E-state index contributed by atoms with van der Waals surface area (Å²) in [5.74, 6) is 0. The monoisotopic (exact) mass is 488 g/mol. The molecule has 2 aromatic carbocycles. The van der Waals surface area contributed by atoms with Gasteiger partial charge in [-0.2, -0.15) is 0 Å². The van der Waals surface area contributed by atoms with E-state index < -0.39 is 0 Å². The lowest BCUT2D eigenvalue weighted by Crippen LogP contribution is -1.95. The number of pyridine rings is 4. The summed E-state index contributed by atoms with van der Waals surface area (Å²) >= 11 is 0. The Bertz CT molecular complexity index is 1860. The summed E-state index contributed by atoms with van der Waals surface area (Å²) in [5.41, 5.74) is 10.5. The smallest absolute Gasteiger partial charge is 0.147 e. The number of benzene rings is 2. The summed E-state index contributed by atoms with van der Waals surface area (Å²) < 4.78 is 4.40. The van der Waals surface area contributed by atoms with Crippen LogP contribution < -0.4 is 0 Å². The highest BCUT2D eigenvalue weighted by molar-refractivity contribution is 6.07. The van der Waals surface area contributed by atoms with Crippen LogP contribution >= 0.6 is 0 Å². The fourth-order valence-electron chi connectivity index (χ4n) is 5.48. The number of hydrogen-bond acceptors (Lipinski definition) is 4. The fraction of sp³-hybridized carbons (Fsp3) is 0. The van der Waals surface area contributed by atoms with Crippen LogP contribution in [0, 0.1) is 0 Å². The first-order valence-corrected chi connectivity index (χ1v) is 12.5. The molecule has 6 nitrogen and oxygen atoms in total. The normalized spacial score (nSPS) is 11.7. The first-order valence-electron chi connectivity index (χ1n) is 12.5. The number of hydrogen-bond donors (Lipinski definition) is 0. The minimum atomic E-state index is 0.911. The van der Waals surface area contributed by atoms with E-state index in [1.54, 1.807) is 0 Å². The topological polar surface area (TPSA) is 61.4 Å². The molecular formula is C32H20N6. The van der Waals surface area contributed by atoms with Crippen LogP contribution in [0.15, 0.2) is 122 Å². The molecule has 0 aliphatic carbocycles. The quantitative estimate of drug-likeness (QED) is 0.265. The van der Waals surface area contributed by atoms with Crippen molar-refractivity contribution in [2.75, 3.05) is 0 Å². The van der Waals surface area contributed by atoms with E-state index in [-0.39, 0.29) is 0 Å². The molecule has 0 atom stereocenters. The Balaban J connectivity index is 1.20. The van der Waals surface area contributed by atoms with E-state index in [0.29, 0.717) is 0 Å². The largest absolute Gasteiger partial charge is 0.306 e. The maximum absolute atomic E-state index is 4.66. The van der Waals surface area contributed by atoms with Gasteiger partial charge in [-0.15, -0.1) is 0 Å². The number of nitrogens with zero attached hydrogens (tertiary/aromatic N) is 6. The molecule has 178 valence electrons. The molecule has 8 rings (SSSR count). The van der Waals surface area contributed by atoms with Crippen LogP contribution in [0.3, 0.4) is 0 Å². The third kappa shape index (κ3) is 3.01. The highest BCUT2D eigenvalue weighted by Gasteiger charge is 2.15. The molecule has 0 aliphatic rings. The van der Waals surface area contributed by atoms with Crippen molar-refractivity contribution >= 4 is 44.0 Å². The van der Waals surface area contributed by atoms with E-state index >= 15 is 0 Å². The van der Waals surface area contributed by atoms with Gasteiger partial charge in [0.15, 0.2) is 0 Å². The Morgan fingerprint density at radius 1 is 0.447 bits per heavy atom. The zero-order valence-corrected chi connectivity index (χ0v) is 20.2. The minimum absolute atomic E-state index is 0.911. The molecule has 6 heteroatoms. The first kappa shape index (κ1) is 20.8. The minimum Gasteiger partial charge on any atom is -0.306 e. The molecule has 0 saturated carbocycles. The molecule has 0 saturated heterocycles. The molecule has 0 fully saturated rings. The summed E-state index contributed by atoms with van der Waals surface area (Å²) in [7, 11) is 0. The van der Waals surface area contributed by atoms with Crippen LogP contribution in [0.5, 0.6) is 0 Å². The van der Waals surface area contributed by atoms with Crippen molar-refractivity contribution in [2.45, 2.75) is 0 Å². The fourth-order valence-corrected chi connectivity index (χ4v) is 5.48. The molecule has 0 bridgehead atoms. The first-order chi connectivity index (χ1) is 18.9. The van der Waals surface area contributed by atoms with Crippen LogP contribution in [0.1, 0.15) is 0 Å². The van der Waals surface area contributed by atoms with Crippen molar-refractivity contribution < 1.29 is 0 Å². The summed E-state index contributed by atoms with van der Waals surface area (Å²) in [4.78, 5) is 18.3. The lowest BCUT2D eigenvalue weighted by atomic mass is 10.0. The molecule has 0 radical (unpaired) electrons. The van der Waals surface area contributed by atoms with Gasteiger partial charge in [-0.05, 0) is 77.9 Å². The molecule has 8 aromatic rings. The SMILES string of the molecule is c1cnc2c(c1)c1ncccc1n2-c1ccc(-c2ccc(-n3c4cnccc4c4ncccc43)cc2)cc1. The zero-order chi connectivity index (χ0) is 25.1. The molecule has 38 heavy (non-hydrogen) atoms.